The number of pyridine rings is 2. The highest BCUT2D eigenvalue weighted by Crippen LogP contribution is 2.30. The molecule has 0 amide bonds. The molecule has 0 radical (unpaired) electrons. The highest BCUT2D eigenvalue weighted by molar-refractivity contribution is 5.13. The second kappa shape index (κ2) is 16.5. The minimum Gasteiger partial charge on any atom is -1.00 e. The van der Waals surface area contributed by atoms with Gasteiger partial charge in [-0.3, -0.25) is 9.80 Å². The first-order valence-corrected chi connectivity index (χ1v) is 13.6. The lowest BCUT2D eigenvalue weighted by Crippen LogP contribution is -3.00. The Hall–Kier alpha value is -0.320. The van der Waals surface area contributed by atoms with Crippen LogP contribution in [0.3, 0.4) is 0 Å². The third-order valence-corrected chi connectivity index (χ3v) is 7.91. The Labute approximate surface area is 248 Å². The third kappa shape index (κ3) is 9.49. The summed E-state index contributed by atoms with van der Waals surface area (Å²) < 4.78 is 4.83. The van der Waals surface area contributed by atoms with E-state index in [2.05, 4.69) is 82.1 Å². The van der Waals surface area contributed by atoms with Gasteiger partial charge in [-0.25, -0.2) is 9.13 Å². The Morgan fingerprint density at radius 1 is 0.657 bits per heavy atom. The normalized spacial score (nSPS) is 20.5. The number of hydrogen-bond acceptors (Lipinski definition) is 2. The second-order valence-corrected chi connectivity index (χ2v) is 10.5. The second-order valence-electron chi connectivity index (χ2n) is 10.5. The minimum atomic E-state index is 0. The maximum absolute atomic E-state index is 2.50. The molecular weight excluding hydrogens is 658 g/mol. The summed E-state index contributed by atoms with van der Waals surface area (Å²) >= 11 is 0. The van der Waals surface area contributed by atoms with Crippen LogP contribution in [-0.4, -0.2) is 37.0 Å². The number of aryl methyl sites for hydroxylation is 2. The van der Waals surface area contributed by atoms with Crippen LogP contribution in [0, 0.1) is 0 Å². The van der Waals surface area contributed by atoms with Gasteiger partial charge in [0.05, 0.1) is 0 Å². The van der Waals surface area contributed by atoms with Gasteiger partial charge in [0.15, 0.2) is 24.8 Å². The zero-order valence-electron chi connectivity index (χ0n) is 21.9. The molecule has 4 nitrogen and oxygen atoms in total. The van der Waals surface area contributed by atoms with Crippen LogP contribution < -0.4 is 57.1 Å². The topological polar surface area (TPSA) is 14.2 Å². The van der Waals surface area contributed by atoms with Crippen molar-refractivity contribution >= 4 is 0 Å². The molecule has 2 atom stereocenters. The molecule has 0 aliphatic carbocycles. The average Bonchev–Trinajstić information content (AvgIpc) is 3.46. The molecule has 4 rings (SSSR count). The van der Waals surface area contributed by atoms with Crippen LogP contribution in [-0.2, 0) is 13.1 Å². The fourth-order valence-electron chi connectivity index (χ4n) is 5.89. The number of nitrogens with zero attached hydrogens (tertiary/aromatic N) is 4. The van der Waals surface area contributed by atoms with Gasteiger partial charge in [0.2, 0.25) is 0 Å². The highest BCUT2D eigenvalue weighted by Gasteiger charge is 2.25. The first kappa shape index (κ1) is 30.9. The maximum atomic E-state index is 2.50. The van der Waals surface area contributed by atoms with Crippen LogP contribution in [0.25, 0.3) is 0 Å². The molecule has 2 aliphatic rings. The Morgan fingerprint density at radius 3 is 1.43 bits per heavy atom. The van der Waals surface area contributed by atoms with E-state index in [1.807, 2.05) is 0 Å². The van der Waals surface area contributed by atoms with Crippen molar-refractivity contribution < 1.29 is 57.1 Å². The summed E-state index contributed by atoms with van der Waals surface area (Å²) in [4.78, 5) is 5.01. The third-order valence-electron chi connectivity index (χ3n) is 7.91. The average molecular weight is 705 g/mol. The van der Waals surface area contributed by atoms with E-state index >= 15 is 0 Å². The first-order valence-electron chi connectivity index (χ1n) is 13.6. The molecule has 0 unspecified atom stereocenters. The molecule has 35 heavy (non-hydrogen) atoms. The van der Waals surface area contributed by atoms with Crippen molar-refractivity contribution in [3.63, 3.8) is 0 Å². The molecule has 0 bridgehead atoms. The maximum Gasteiger partial charge on any atom is 0.173 e. The molecule has 2 fully saturated rings. The summed E-state index contributed by atoms with van der Waals surface area (Å²) in [6.45, 7) is 4.80. The summed E-state index contributed by atoms with van der Waals surface area (Å²) in [5.41, 5.74) is 2.99. The van der Waals surface area contributed by atoms with Crippen LogP contribution in [0.15, 0.2) is 49.1 Å². The van der Waals surface area contributed by atoms with Crippen LogP contribution in [0.5, 0.6) is 0 Å². The van der Waals surface area contributed by atoms with Crippen molar-refractivity contribution in [1.29, 1.82) is 0 Å². The molecule has 6 heteroatoms. The molecule has 0 spiro atoms. The molecule has 0 N–H and O–H groups in total. The van der Waals surface area contributed by atoms with Crippen LogP contribution in [0.2, 0.25) is 0 Å². The zero-order valence-corrected chi connectivity index (χ0v) is 26.2. The van der Waals surface area contributed by atoms with Crippen molar-refractivity contribution in [2.45, 2.75) is 95.8 Å². The number of halogens is 2. The Bertz CT molecular complexity index is 793. The van der Waals surface area contributed by atoms with Crippen molar-refractivity contribution in [3.05, 3.63) is 60.2 Å². The van der Waals surface area contributed by atoms with Gasteiger partial charge < -0.3 is 48.0 Å². The molecular formula is C29H46I2N4. The summed E-state index contributed by atoms with van der Waals surface area (Å²) in [7, 11) is 4.53. The van der Waals surface area contributed by atoms with Crippen molar-refractivity contribution in [2.24, 2.45) is 0 Å². The largest absolute Gasteiger partial charge is 1.00 e. The Balaban J connectivity index is 0.00000216. The lowest BCUT2D eigenvalue weighted by molar-refractivity contribution is -0.698. The smallest absolute Gasteiger partial charge is 0.173 e. The van der Waals surface area contributed by atoms with Gasteiger partial charge in [-0.2, -0.15) is 0 Å². The van der Waals surface area contributed by atoms with Gasteiger partial charge in [-0.05, 0) is 77.8 Å². The van der Waals surface area contributed by atoms with Gasteiger partial charge in [0.1, 0.15) is 13.1 Å². The number of aromatic nitrogens is 2. The Kier molecular flexibility index (Phi) is 14.6. The van der Waals surface area contributed by atoms with E-state index < -0.39 is 0 Å². The Morgan fingerprint density at radius 2 is 1.06 bits per heavy atom. The molecule has 2 saturated heterocycles. The van der Waals surface area contributed by atoms with E-state index in [1.165, 1.54) is 94.8 Å². The summed E-state index contributed by atoms with van der Waals surface area (Å²) in [5.74, 6) is 0. The van der Waals surface area contributed by atoms with E-state index in [1.54, 1.807) is 0 Å². The number of unbranched alkanes of at least 4 members (excludes halogenated alkanes) is 6. The summed E-state index contributed by atoms with van der Waals surface area (Å²) in [6, 6.07) is 10.3. The molecule has 0 saturated carbocycles. The van der Waals surface area contributed by atoms with Crippen LogP contribution >= 0.6 is 0 Å². The monoisotopic (exact) mass is 704 g/mol. The van der Waals surface area contributed by atoms with Crippen LogP contribution in [0.1, 0.15) is 93.8 Å². The van der Waals surface area contributed by atoms with Crippen molar-refractivity contribution in [3.8, 4) is 0 Å². The zero-order chi connectivity index (χ0) is 22.9. The molecule has 2 aromatic rings. The summed E-state index contributed by atoms with van der Waals surface area (Å²) in [6.07, 6.45) is 24.0. The lowest BCUT2D eigenvalue weighted by Gasteiger charge is -2.18. The van der Waals surface area contributed by atoms with Gasteiger partial charge in [-0.1, -0.05) is 19.3 Å². The van der Waals surface area contributed by atoms with Crippen molar-refractivity contribution in [2.75, 3.05) is 27.2 Å². The molecule has 0 aromatic carbocycles. The summed E-state index contributed by atoms with van der Waals surface area (Å²) in [5, 5.41) is 0. The van der Waals surface area contributed by atoms with Gasteiger partial charge in [0.25, 0.3) is 0 Å². The van der Waals surface area contributed by atoms with Gasteiger partial charge in [0, 0.05) is 48.2 Å². The van der Waals surface area contributed by atoms with E-state index in [0.717, 1.165) is 13.1 Å². The van der Waals surface area contributed by atoms with E-state index in [9.17, 15) is 0 Å². The van der Waals surface area contributed by atoms with Gasteiger partial charge >= 0.3 is 0 Å². The molecule has 4 heterocycles. The number of likely N-dealkylation sites (tertiary alicyclic amines) is 2. The van der Waals surface area contributed by atoms with E-state index in [-0.39, 0.29) is 48.0 Å². The predicted molar refractivity (Wildman–Crippen MR) is 135 cm³/mol. The van der Waals surface area contributed by atoms with E-state index in [0.29, 0.717) is 12.1 Å². The predicted octanol–water partition coefficient (Wildman–Crippen LogP) is -0.766. The number of rotatable bonds is 12. The molecule has 2 aromatic heterocycles. The fraction of sp³-hybridized carbons (Fsp3) is 0.655. The quantitative estimate of drug-likeness (QED) is 0.164. The SMILES string of the molecule is CN1CCC[C@H]1c1ccc[n+](CCCCCCCCC[n+]2cccc([C@@H]3CCCN3C)c2)c1.[I-].[I-]. The minimum absolute atomic E-state index is 0. The number of hydrogen-bond donors (Lipinski definition) is 0. The first-order chi connectivity index (χ1) is 16.2. The molecule has 196 valence electrons. The molecule has 2 aliphatic heterocycles. The lowest BCUT2D eigenvalue weighted by atomic mass is 10.1. The standard InChI is InChI=1S/C29H46N4.2HI/c1-30-18-12-16-28(30)26-14-10-22-32(24-26)20-8-6-4-3-5-7-9-21-33-23-11-15-27(25-33)29-17-13-19-31(29)2;;/h10-11,14-15,22-25,28-29H,3-9,12-13,16-21H2,1-2H3;2*1H/q+2;;/p-2/t28-,29-;;/m0../s1. The van der Waals surface area contributed by atoms with Crippen molar-refractivity contribution in [1.82, 2.24) is 9.80 Å². The van der Waals surface area contributed by atoms with Crippen LogP contribution in [0.4, 0.5) is 0 Å². The highest BCUT2D eigenvalue weighted by atomic mass is 127. The fourth-order valence-corrected chi connectivity index (χ4v) is 5.89. The van der Waals surface area contributed by atoms with E-state index in [4.69, 9.17) is 0 Å². The van der Waals surface area contributed by atoms with Gasteiger partial charge in [-0.15, -0.1) is 0 Å².